The SMILES string of the molecule is O=C(CN1CCN(c2ccccc2)CC1)N1CCC(Cc2ccccc2)CC1. The molecule has 4 nitrogen and oxygen atoms in total. The van der Waals surface area contributed by atoms with E-state index in [-0.39, 0.29) is 0 Å². The quantitative estimate of drug-likeness (QED) is 0.800. The van der Waals surface area contributed by atoms with Crippen LogP contribution in [0.4, 0.5) is 5.69 Å². The van der Waals surface area contributed by atoms with Crippen LogP contribution in [0.1, 0.15) is 18.4 Å². The summed E-state index contributed by atoms with van der Waals surface area (Å²) in [6, 6.07) is 21.3. The molecule has 0 aliphatic carbocycles. The zero-order valence-corrected chi connectivity index (χ0v) is 16.7. The normalized spacial score (nSPS) is 19.0. The minimum absolute atomic E-state index is 0.311. The van der Waals surface area contributed by atoms with Crippen molar-refractivity contribution < 1.29 is 4.79 Å². The van der Waals surface area contributed by atoms with Gasteiger partial charge in [0.25, 0.3) is 0 Å². The second-order valence-corrected chi connectivity index (χ2v) is 8.11. The smallest absolute Gasteiger partial charge is 0.236 e. The lowest BCUT2D eigenvalue weighted by atomic mass is 9.90. The highest BCUT2D eigenvalue weighted by Crippen LogP contribution is 2.22. The van der Waals surface area contributed by atoms with Crippen LogP contribution in [-0.2, 0) is 11.2 Å². The van der Waals surface area contributed by atoms with Crippen molar-refractivity contribution in [1.82, 2.24) is 9.80 Å². The summed E-state index contributed by atoms with van der Waals surface area (Å²) in [7, 11) is 0. The molecule has 0 saturated carbocycles. The van der Waals surface area contributed by atoms with E-state index in [0.29, 0.717) is 18.4 Å². The van der Waals surface area contributed by atoms with Crippen molar-refractivity contribution in [1.29, 1.82) is 0 Å². The number of hydrogen-bond acceptors (Lipinski definition) is 3. The third-order valence-corrected chi connectivity index (χ3v) is 6.19. The highest BCUT2D eigenvalue weighted by Gasteiger charge is 2.25. The van der Waals surface area contributed by atoms with E-state index in [2.05, 4.69) is 75.4 Å². The number of amides is 1. The molecule has 0 atom stereocenters. The predicted molar refractivity (Wildman–Crippen MR) is 115 cm³/mol. The summed E-state index contributed by atoms with van der Waals surface area (Å²) in [5.41, 5.74) is 2.71. The van der Waals surface area contributed by atoms with Crippen LogP contribution < -0.4 is 4.90 Å². The Bertz CT molecular complexity index is 733. The molecule has 148 valence electrons. The van der Waals surface area contributed by atoms with Crippen molar-refractivity contribution in [2.45, 2.75) is 19.3 Å². The maximum atomic E-state index is 12.8. The van der Waals surface area contributed by atoms with Crippen molar-refractivity contribution in [2.24, 2.45) is 5.92 Å². The number of carbonyl (C=O) groups is 1. The number of likely N-dealkylation sites (tertiary alicyclic amines) is 1. The topological polar surface area (TPSA) is 26.8 Å². The number of piperazine rings is 1. The summed E-state index contributed by atoms with van der Waals surface area (Å²) >= 11 is 0. The van der Waals surface area contributed by atoms with Gasteiger partial charge in [-0.05, 0) is 42.9 Å². The van der Waals surface area contributed by atoms with Crippen molar-refractivity contribution in [3.8, 4) is 0 Å². The van der Waals surface area contributed by atoms with E-state index in [9.17, 15) is 4.79 Å². The van der Waals surface area contributed by atoms with Gasteiger partial charge in [-0.1, -0.05) is 48.5 Å². The van der Waals surface area contributed by atoms with Crippen molar-refractivity contribution in [3.05, 3.63) is 66.2 Å². The summed E-state index contributed by atoms with van der Waals surface area (Å²) < 4.78 is 0. The van der Waals surface area contributed by atoms with Gasteiger partial charge in [0.05, 0.1) is 6.54 Å². The fourth-order valence-corrected chi connectivity index (χ4v) is 4.43. The average Bonchev–Trinajstić information content (AvgIpc) is 2.76. The molecule has 2 aliphatic heterocycles. The Balaban J connectivity index is 1.19. The van der Waals surface area contributed by atoms with Gasteiger partial charge in [-0.25, -0.2) is 0 Å². The standard InChI is InChI=1S/C24H31N3O/c28-24(20-25-15-17-26(18-16-25)23-9-5-2-6-10-23)27-13-11-22(12-14-27)19-21-7-3-1-4-8-21/h1-10,22H,11-20H2. The van der Waals surface area contributed by atoms with Crippen LogP contribution in [0.3, 0.4) is 0 Å². The molecule has 4 heteroatoms. The first kappa shape index (κ1) is 19.0. The molecule has 0 radical (unpaired) electrons. The first-order chi connectivity index (χ1) is 13.8. The second-order valence-electron chi connectivity index (χ2n) is 8.11. The lowest BCUT2D eigenvalue weighted by Crippen LogP contribution is -2.51. The van der Waals surface area contributed by atoms with Crippen molar-refractivity contribution >= 4 is 11.6 Å². The molecule has 0 N–H and O–H groups in total. The maximum Gasteiger partial charge on any atom is 0.236 e. The molecule has 0 spiro atoms. The summed E-state index contributed by atoms with van der Waals surface area (Å²) in [5, 5.41) is 0. The number of piperidine rings is 1. The van der Waals surface area contributed by atoms with Gasteiger partial charge in [-0.2, -0.15) is 0 Å². The van der Waals surface area contributed by atoms with Gasteiger partial charge in [0.15, 0.2) is 0 Å². The first-order valence-corrected chi connectivity index (χ1v) is 10.6. The number of benzene rings is 2. The van der Waals surface area contributed by atoms with Crippen LogP contribution in [-0.4, -0.2) is 61.5 Å². The largest absolute Gasteiger partial charge is 0.369 e. The highest BCUT2D eigenvalue weighted by atomic mass is 16.2. The van der Waals surface area contributed by atoms with Crippen LogP contribution in [0, 0.1) is 5.92 Å². The van der Waals surface area contributed by atoms with Gasteiger partial charge in [0, 0.05) is 45.0 Å². The Kier molecular flexibility index (Phi) is 6.27. The van der Waals surface area contributed by atoms with Crippen LogP contribution in [0.5, 0.6) is 0 Å². The highest BCUT2D eigenvalue weighted by molar-refractivity contribution is 5.78. The first-order valence-electron chi connectivity index (χ1n) is 10.6. The number of hydrogen-bond donors (Lipinski definition) is 0. The average molecular weight is 378 g/mol. The molecule has 0 bridgehead atoms. The van der Waals surface area contributed by atoms with E-state index in [1.807, 2.05) is 0 Å². The van der Waals surface area contributed by atoms with Gasteiger partial charge in [-0.15, -0.1) is 0 Å². The zero-order valence-electron chi connectivity index (χ0n) is 16.7. The molecule has 0 unspecified atom stereocenters. The number of para-hydroxylation sites is 1. The summed E-state index contributed by atoms with van der Waals surface area (Å²) in [4.78, 5) is 19.6. The Morgan fingerprint density at radius 1 is 0.786 bits per heavy atom. The number of rotatable bonds is 5. The van der Waals surface area contributed by atoms with Crippen LogP contribution >= 0.6 is 0 Å². The fourth-order valence-electron chi connectivity index (χ4n) is 4.43. The number of anilines is 1. The molecular weight excluding hydrogens is 346 g/mol. The third-order valence-electron chi connectivity index (χ3n) is 6.19. The zero-order chi connectivity index (χ0) is 19.2. The molecule has 28 heavy (non-hydrogen) atoms. The molecule has 2 aliphatic rings. The van der Waals surface area contributed by atoms with E-state index in [1.54, 1.807) is 0 Å². The third kappa shape index (κ3) is 4.93. The van der Waals surface area contributed by atoms with E-state index >= 15 is 0 Å². The maximum absolute atomic E-state index is 12.8. The monoisotopic (exact) mass is 377 g/mol. The van der Waals surface area contributed by atoms with E-state index in [4.69, 9.17) is 0 Å². The van der Waals surface area contributed by atoms with E-state index in [1.165, 1.54) is 11.3 Å². The van der Waals surface area contributed by atoms with Crippen LogP contribution in [0.2, 0.25) is 0 Å². The summed E-state index contributed by atoms with van der Waals surface area (Å²) in [5.74, 6) is 1.02. The van der Waals surface area contributed by atoms with Gasteiger partial charge in [0.2, 0.25) is 5.91 Å². The lowest BCUT2D eigenvalue weighted by Gasteiger charge is -2.38. The molecule has 2 saturated heterocycles. The minimum Gasteiger partial charge on any atom is -0.369 e. The Morgan fingerprint density at radius 2 is 1.39 bits per heavy atom. The van der Waals surface area contributed by atoms with Gasteiger partial charge in [-0.3, -0.25) is 9.69 Å². The molecule has 2 heterocycles. The van der Waals surface area contributed by atoms with Crippen LogP contribution in [0.25, 0.3) is 0 Å². The Morgan fingerprint density at radius 3 is 2.04 bits per heavy atom. The van der Waals surface area contributed by atoms with Gasteiger partial charge >= 0.3 is 0 Å². The molecule has 2 aromatic carbocycles. The molecule has 2 aromatic rings. The molecule has 1 amide bonds. The summed E-state index contributed by atoms with van der Waals surface area (Å²) in [6.45, 7) is 6.33. The second kappa shape index (κ2) is 9.24. The predicted octanol–water partition coefficient (Wildman–Crippen LogP) is 3.29. The number of carbonyl (C=O) groups excluding carboxylic acids is 1. The molecule has 2 fully saturated rings. The van der Waals surface area contributed by atoms with Crippen molar-refractivity contribution in [2.75, 3.05) is 50.7 Å². The molecule has 0 aromatic heterocycles. The Hall–Kier alpha value is -2.33. The lowest BCUT2D eigenvalue weighted by molar-refractivity contribution is -0.133. The summed E-state index contributed by atoms with van der Waals surface area (Å²) in [6.07, 6.45) is 3.40. The fraction of sp³-hybridized carbons (Fsp3) is 0.458. The minimum atomic E-state index is 0.311. The van der Waals surface area contributed by atoms with E-state index < -0.39 is 0 Å². The van der Waals surface area contributed by atoms with Crippen molar-refractivity contribution in [3.63, 3.8) is 0 Å². The number of nitrogens with zero attached hydrogens (tertiary/aromatic N) is 3. The van der Waals surface area contributed by atoms with Gasteiger partial charge in [0.1, 0.15) is 0 Å². The van der Waals surface area contributed by atoms with Gasteiger partial charge < -0.3 is 9.80 Å². The molecular formula is C24H31N3O. The molecule has 4 rings (SSSR count). The van der Waals surface area contributed by atoms with Crippen LogP contribution in [0.15, 0.2) is 60.7 Å². The Labute approximate surface area is 168 Å². The van der Waals surface area contributed by atoms with E-state index in [0.717, 1.165) is 58.5 Å².